The Bertz CT molecular complexity index is 972. The molecule has 26 heavy (non-hydrogen) atoms. The van der Waals surface area contributed by atoms with Crippen molar-refractivity contribution in [2.45, 2.75) is 12.3 Å². The quantitative estimate of drug-likeness (QED) is 0.781. The average molecular weight is 347 g/mol. The summed E-state index contributed by atoms with van der Waals surface area (Å²) in [5.74, 6) is 0.604. The number of H-pyrrole nitrogens is 1. The topological polar surface area (TPSA) is 91.8 Å². The van der Waals surface area contributed by atoms with E-state index < -0.39 is 0 Å². The smallest absolute Gasteiger partial charge is 0.253 e. The molecule has 1 fully saturated rings. The zero-order valence-electron chi connectivity index (χ0n) is 14.0. The third-order valence-electron chi connectivity index (χ3n) is 4.53. The Morgan fingerprint density at radius 2 is 1.77 bits per heavy atom. The Morgan fingerprint density at radius 3 is 2.50 bits per heavy atom. The number of rotatable bonds is 3. The summed E-state index contributed by atoms with van der Waals surface area (Å²) in [5.41, 5.74) is 1.88. The molecule has 1 N–H and O–H groups in total. The van der Waals surface area contributed by atoms with E-state index in [0.717, 1.165) is 12.0 Å². The molecule has 4 heterocycles. The van der Waals surface area contributed by atoms with Gasteiger partial charge in [-0.2, -0.15) is 0 Å². The Balaban J connectivity index is 1.57. The largest absolute Gasteiger partial charge is 0.338 e. The molecule has 1 aliphatic heterocycles. The highest BCUT2D eigenvalue weighted by molar-refractivity contribution is 5.94. The summed E-state index contributed by atoms with van der Waals surface area (Å²) < 4.78 is 0. The predicted molar refractivity (Wildman–Crippen MR) is 95.6 cm³/mol. The maximum absolute atomic E-state index is 12.6. The van der Waals surface area contributed by atoms with Crippen molar-refractivity contribution in [3.63, 3.8) is 0 Å². The Kier molecular flexibility index (Phi) is 4.27. The number of aromatic amines is 1. The second-order valence-electron chi connectivity index (χ2n) is 6.22. The third-order valence-corrected chi connectivity index (χ3v) is 4.53. The zero-order chi connectivity index (χ0) is 17.9. The number of nitrogens with zero attached hydrogens (tertiary/aromatic N) is 4. The van der Waals surface area contributed by atoms with Crippen molar-refractivity contribution in [2.75, 3.05) is 13.1 Å². The number of nitrogens with one attached hydrogen (secondary N) is 1. The van der Waals surface area contributed by atoms with Crippen LogP contribution in [-0.2, 0) is 0 Å². The summed E-state index contributed by atoms with van der Waals surface area (Å²) in [4.78, 5) is 41.8. The van der Waals surface area contributed by atoms with E-state index in [2.05, 4.69) is 19.9 Å². The molecule has 0 spiro atoms. The lowest BCUT2D eigenvalue weighted by Crippen LogP contribution is -2.28. The van der Waals surface area contributed by atoms with Gasteiger partial charge >= 0.3 is 0 Å². The van der Waals surface area contributed by atoms with Gasteiger partial charge in [-0.15, -0.1) is 0 Å². The third kappa shape index (κ3) is 3.23. The van der Waals surface area contributed by atoms with Crippen LogP contribution in [0.1, 0.15) is 28.5 Å². The van der Waals surface area contributed by atoms with Crippen LogP contribution in [0.2, 0.25) is 0 Å². The van der Waals surface area contributed by atoms with E-state index >= 15 is 0 Å². The molecule has 3 aromatic rings. The molecule has 7 nitrogen and oxygen atoms in total. The zero-order valence-corrected chi connectivity index (χ0v) is 14.0. The first kappa shape index (κ1) is 16.1. The van der Waals surface area contributed by atoms with Gasteiger partial charge in [0.05, 0.1) is 5.69 Å². The molecule has 0 aromatic carbocycles. The molecule has 0 saturated carbocycles. The molecule has 1 amide bonds. The molecule has 0 unspecified atom stereocenters. The SMILES string of the molecule is O=C(c1ccncc1)N1CC[C@@H](c2nc(-c3ccncc3)cc(=O)[nH]2)C1. The molecule has 0 aliphatic carbocycles. The molecule has 3 aromatic heterocycles. The van der Waals surface area contributed by atoms with Gasteiger partial charge in [-0.25, -0.2) is 4.98 Å². The van der Waals surface area contributed by atoms with Crippen molar-refractivity contribution in [3.8, 4) is 11.3 Å². The molecule has 1 aliphatic rings. The minimum absolute atomic E-state index is 0.00951. The molecule has 130 valence electrons. The van der Waals surface area contributed by atoms with Crippen LogP contribution >= 0.6 is 0 Å². The number of likely N-dealkylation sites (tertiary alicyclic amines) is 1. The van der Waals surface area contributed by atoms with E-state index in [4.69, 9.17) is 0 Å². The molecule has 7 heteroatoms. The van der Waals surface area contributed by atoms with Gasteiger partial charge in [-0.1, -0.05) is 0 Å². The van der Waals surface area contributed by atoms with Crippen LogP contribution in [0.5, 0.6) is 0 Å². The number of hydrogen-bond donors (Lipinski definition) is 1. The van der Waals surface area contributed by atoms with E-state index in [0.29, 0.717) is 30.2 Å². The number of amides is 1. The Hall–Kier alpha value is -3.35. The molecule has 1 atom stereocenters. The lowest BCUT2D eigenvalue weighted by atomic mass is 10.1. The van der Waals surface area contributed by atoms with Crippen LogP contribution in [0.3, 0.4) is 0 Å². The highest BCUT2D eigenvalue weighted by Gasteiger charge is 2.29. The van der Waals surface area contributed by atoms with E-state index in [1.807, 2.05) is 12.1 Å². The molecule has 1 saturated heterocycles. The maximum atomic E-state index is 12.6. The van der Waals surface area contributed by atoms with Crippen molar-refractivity contribution in [1.82, 2.24) is 24.8 Å². The highest BCUT2D eigenvalue weighted by Crippen LogP contribution is 2.26. The van der Waals surface area contributed by atoms with E-state index in [-0.39, 0.29) is 17.4 Å². The summed E-state index contributed by atoms with van der Waals surface area (Å²) in [5, 5.41) is 0. The van der Waals surface area contributed by atoms with Crippen molar-refractivity contribution in [3.05, 3.63) is 76.9 Å². The predicted octanol–water partition coefficient (Wildman–Crippen LogP) is 1.86. The van der Waals surface area contributed by atoms with E-state index in [1.165, 1.54) is 6.07 Å². The first-order valence-electron chi connectivity index (χ1n) is 8.41. The highest BCUT2D eigenvalue weighted by atomic mass is 16.2. The van der Waals surface area contributed by atoms with Crippen molar-refractivity contribution < 1.29 is 4.79 Å². The Labute approximate surface area is 149 Å². The summed E-state index contributed by atoms with van der Waals surface area (Å²) in [6.45, 7) is 1.17. The van der Waals surface area contributed by atoms with Gasteiger partial charge in [-0.05, 0) is 30.7 Å². The number of aromatic nitrogens is 4. The maximum Gasteiger partial charge on any atom is 0.253 e. The minimum atomic E-state index is -0.194. The van der Waals surface area contributed by atoms with E-state index in [1.54, 1.807) is 41.8 Å². The molecular weight excluding hydrogens is 330 g/mol. The summed E-state index contributed by atoms with van der Waals surface area (Å²) >= 11 is 0. The minimum Gasteiger partial charge on any atom is -0.338 e. The van der Waals surface area contributed by atoms with Gasteiger partial charge in [0.15, 0.2) is 0 Å². The van der Waals surface area contributed by atoms with Gasteiger partial charge in [0.1, 0.15) is 5.82 Å². The van der Waals surface area contributed by atoms with Crippen molar-refractivity contribution in [2.24, 2.45) is 0 Å². The second kappa shape index (κ2) is 6.87. The number of carbonyl (C=O) groups is 1. The summed E-state index contributed by atoms with van der Waals surface area (Å²) in [6, 6.07) is 8.53. The van der Waals surface area contributed by atoms with Gasteiger partial charge in [0.2, 0.25) is 0 Å². The molecule has 0 radical (unpaired) electrons. The van der Waals surface area contributed by atoms with Gasteiger partial charge in [-0.3, -0.25) is 19.6 Å². The second-order valence-corrected chi connectivity index (χ2v) is 6.22. The van der Waals surface area contributed by atoms with Gasteiger partial charge in [0.25, 0.3) is 11.5 Å². The number of hydrogen-bond acceptors (Lipinski definition) is 5. The van der Waals surface area contributed by atoms with Crippen LogP contribution in [0.4, 0.5) is 0 Å². The number of carbonyl (C=O) groups excluding carboxylic acids is 1. The van der Waals surface area contributed by atoms with Crippen LogP contribution in [0.15, 0.2) is 59.9 Å². The lowest BCUT2D eigenvalue weighted by molar-refractivity contribution is 0.0790. The van der Waals surface area contributed by atoms with Gasteiger partial charge in [0, 0.05) is 61.0 Å². The van der Waals surface area contributed by atoms with Crippen LogP contribution in [0.25, 0.3) is 11.3 Å². The van der Waals surface area contributed by atoms with Crippen molar-refractivity contribution in [1.29, 1.82) is 0 Å². The Morgan fingerprint density at radius 1 is 1.08 bits per heavy atom. The molecule has 0 bridgehead atoms. The lowest BCUT2D eigenvalue weighted by Gasteiger charge is -2.16. The number of pyridine rings is 2. The van der Waals surface area contributed by atoms with Gasteiger partial charge < -0.3 is 9.88 Å². The van der Waals surface area contributed by atoms with Crippen molar-refractivity contribution >= 4 is 5.91 Å². The van der Waals surface area contributed by atoms with Crippen LogP contribution < -0.4 is 5.56 Å². The normalized spacial score (nSPS) is 16.6. The fraction of sp³-hybridized carbons (Fsp3) is 0.211. The first-order chi connectivity index (χ1) is 12.7. The van der Waals surface area contributed by atoms with Crippen LogP contribution in [0, 0.1) is 0 Å². The molecule has 4 rings (SSSR count). The van der Waals surface area contributed by atoms with Crippen LogP contribution in [-0.4, -0.2) is 43.8 Å². The summed E-state index contributed by atoms with van der Waals surface area (Å²) in [6.07, 6.45) is 7.32. The fourth-order valence-corrected chi connectivity index (χ4v) is 3.19. The summed E-state index contributed by atoms with van der Waals surface area (Å²) in [7, 11) is 0. The first-order valence-corrected chi connectivity index (χ1v) is 8.41. The fourth-order valence-electron chi connectivity index (χ4n) is 3.19. The molecular formula is C19H17N5O2. The monoisotopic (exact) mass is 347 g/mol. The standard InChI is InChI=1S/C19H17N5O2/c25-17-11-16(13-1-6-20-7-2-13)22-18(23-17)15-5-10-24(12-15)19(26)14-3-8-21-9-4-14/h1-4,6-9,11,15H,5,10,12H2,(H,22,23,25)/t15-/m1/s1. The average Bonchev–Trinajstić information content (AvgIpc) is 3.18. The van der Waals surface area contributed by atoms with E-state index in [9.17, 15) is 9.59 Å².